The first kappa shape index (κ1) is 12.2. The van der Waals surface area contributed by atoms with Crippen LogP contribution in [-0.2, 0) is 0 Å². The molecule has 0 amide bonds. The number of nitrogens with zero attached hydrogens (tertiary/aromatic N) is 1. The lowest BCUT2D eigenvalue weighted by Crippen LogP contribution is -2.06. The van der Waals surface area contributed by atoms with E-state index in [0.717, 1.165) is 26.6 Å². The molecule has 5 heteroatoms. The Bertz CT molecular complexity index is 422. The van der Waals surface area contributed by atoms with Gasteiger partial charge in [-0.15, -0.1) is 0 Å². The van der Waals surface area contributed by atoms with Gasteiger partial charge in [0.15, 0.2) is 5.17 Å². The largest absolute Gasteiger partial charge is 0.334 e. The van der Waals surface area contributed by atoms with Crippen molar-refractivity contribution in [3.05, 3.63) is 27.6 Å². The van der Waals surface area contributed by atoms with Gasteiger partial charge in [0.05, 0.1) is 11.7 Å². The number of thioether (sulfide) groups is 1. The standard InChI is InChI=1S/C11H12FIN2S/c1-2-8-6-16-11(14-8)15-10-4-3-7(12)5-9(10)13/h3-5,8H,2,6H2,1H3,(H,14,15). The predicted molar refractivity (Wildman–Crippen MR) is 76.7 cm³/mol. The minimum absolute atomic E-state index is 0.206. The van der Waals surface area contributed by atoms with E-state index in [9.17, 15) is 4.39 Å². The van der Waals surface area contributed by atoms with Crippen LogP contribution in [0.5, 0.6) is 0 Å². The Balaban J connectivity index is 2.10. The summed E-state index contributed by atoms with van der Waals surface area (Å²) in [4.78, 5) is 4.54. The molecule has 1 atom stereocenters. The number of amidine groups is 1. The van der Waals surface area contributed by atoms with Crippen molar-refractivity contribution >= 4 is 45.2 Å². The second-order valence-electron chi connectivity index (χ2n) is 3.56. The first-order valence-electron chi connectivity index (χ1n) is 5.11. The fourth-order valence-corrected chi connectivity index (χ4v) is 3.08. The van der Waals surface area contributed by atoms with E-state index in [-0.39, 0.29) is 5.82 Å². The highest BCUT2D eigenvalue weighted by molar-refractivity contribution is 14.1. The van der Waals surface area contributed by atoms with Crippen molar-refractivity contribution in [1.29, 1.82) is 0 Å². The van der Waals surface area contributed by atoms with Crippen LogP contribution in [0.4, 0.5) is 10.1 Å². The molecule has 0 fully saturated rings. The van der Waals surface area contributed by atoms with Crippen molar-refractivity contribution in [3.63, 3.8) is 0 Å². The Labute approximate surface area is 112 Å². The molecule has 0 spiro atoms. The van der Waals surface area contributed by atoms with Gasteiger partial charge in [-0.05, 0) is 47.2 Å². The van der Waals surface area contributed by atoms with Gasteiger partial charge < -0.3 is 5.32 Å². The van der Waals surface area contributed by atoms with E-state index in [0.29, 0.717) is 6.04 Å². The molecule has 1 aromatic rings. The van der Waals surface area contributed by atoms with Crippen molar-refractivity contribution in [2.24, 2.45) is 4.99 Å². The first-order chi connectivity index (χ1) is 7.69. The first-order valence-corrected chi connectivity index (χ1v) is 7.18. The number of hydrogen-bond acceptors (Lipinski definition) is 3. The van der Waals surface area contributed by atoms with Gasteiger partial charge in [0.2, 0.25) is 0 Å². The predicted octanol–water partition coefficient (Wildman–Crippen LogP) is 3.72. The summed E-state index contributed by atoms with van der Waals surface area (Å²) in [5, 5.41) is 4.18. The summed E-state index contributed by atoms with van der Waals surface area (Å²) in [6.45, 7) is 2.14. The third-order valence-corrected chi connectivity index (χ3v) is 4.28. The minimum atomic E-state index is -0.206. The van der Waals surface area contributed by atoms with Crippen molar-refractivity contribution in [2.75, 3.05) is 11.1 Å². The number of hydrogen-bond donors (Lipinski definition) is 1. The summed E-state index contributed by atoms with van der Waals surface area (Å²) in [6.07, 6.45) is 1.07. The highest BCUT2D eigenvalue weighted by atomic mass is 127. The second-order valence-corrected chi connectivity index (χ2v) is 5.73. The number of nitrogens with one attached hydrogen (secondary N) is 1. The van der Waals surface area contributed by atoms with Crippen LogP contribution < -0.4 is 5.32 Å². The maximum absolute atomic E-state index is 12.9. The van der Waals surface area contributed by atoms with Gasteiger partial charge >= 0.3 is 0 Å². The zero-order valence-electron chi connectivity index (χ0n) is 8.84. The maximum Gasteiger partial charge on any atom is 0.161 e. The molecule has 16 heavy (non-hydrogen) atoms. The molecule has 1 aliphatic heterocycles. The molecule has 1 heterocycles. The Hall–Kier alpha value is -0.300. The summed E-state index contributed by atoms with van der Waals surface area (Å²) < 4.78 is 13.8. The molecule has 0 aromatic heterocycles. The topological polar surface area (TPSA) is 24.4 Å². The molecule has 0 saturated heterocycles. The number of rotatable bonds is 2. The SMILES string of the molecule is CCC1CSC(Nc2ccc(F)cc2I)=N1. The van der Waals surface area contributed by atoms with Crippen LogP contribution in [-0.4, -0.2) is 17.0 Å². The summed E-state index contributed by atoms with van der Waals surface area (Å²) in [5.74, 6) is 0.832. The van der Waals surface area contributed by atoms with Gasteiger partial charge in [-0.25, -0.2) is 4.39 Å². The summed E-state index contributed by atoms with van der Waals surface area (Å²) >= 11 is 3.84. The highest BCUT2D eigenvalue weighted by Crippen LogP contribution is 2.24. The fraction of sp³-hybridized carbons (Fsp3) is 0.364. The lowest BCUT2D eigenvalue weighted by molar-refractivity contribution is 0.627. The van der Waals surface area contributed by atoms with Gasteiger partial charge in [-0.3, -0.25) is 4.99 Å². The van der Waals surface area contributed by atoms with Gasteiger partial charge in [0, 0.05) is 9.32 Å². The average molecular weight is 350 g/mol. The Morgan fingerprint density at radius 1 is 1.62 bits per heavy atom. The van der Waals surface area contributed by atoms with Crippen LogP contribution in [0.2, 0.25) is 0 Å². The molecule has 2 nitrogen and oxygen atoms in total. The number of halogens is 2. The summed E-state index contributed by atoms with van der Waals surface area (Å²) in [6, 6.07) is 5.15. The third kappa shape index (κ3) is 2.88. The van der Waals surface area contributed by atoms with E-state index in [1.807, 2.05) is 0 Å². The van der Waals surface area contributed by atoms with E-state index in [1.165, 1.54) is 12.1 Å². The van der Waals surface area contributed by atoms with Crippen molar-refractivity contribution in [3.8, 4) is 0 Å². The molecule has 2 rings (SSSR count). The summed E-state index contributed by atoms with van der Waals surface area (Å²) in [5.41, 5.74) is 0.921. The van der Waals surface area contributed by atoms with Crippen molar-refractivity contribution < 1.29 is 4.39 Å². The monoisotopic (exact) mass is 350 g/mol. The Kier molecular flexibility index (Phi) is 4.07. The average Bonchev–Trinajstić information content (AvgIpc) is 2.70. The van der Waals surface area contributed by atoms with Gasteiger partial charge in [0.25, 0.3) is 0 Å². The molecular formula is C11H12FIN2S. The molecule has 86 valence electrons. The minimum Gasteiger partial charge on any atom is -0.334 e. The van der Waals surface area contributed by atoms with E-state index < -0.39 is 0 Å². The Morgan fingerprint density at radius 2 is 2.44 bits per heavy atom. The molecule has 0 saturated carbocycles. The molecule has 1 N–H and O–H groups in total. The van der Waals surface area contributed by atoms with Crippen LogP contribution >= 0.6 is 34.4 Å². The van der Waals surface area contributed by atoms with Crippen molar-refractivity contribution in [2.45, 2.75) is 19.4 Å². The Morgan fingerprint density at radius 3 is 3.06 bits per heavy atom. The van der Waals surface area contributed by atoms with E-state index in [2.05, 4.69) is 39.8 Å². The fourth-order valence-electron chi connectivity index (χ4n) is 1.40. The van der Waals surface area contributed by atoms with E-state index >= 15 is 0 Å². The molecule has 0 bridgehead atoms. The lowest BCUT2D eigenvalue weighted by atomic mass is 10.3. The maximum atomic E-state index is 12.9. The quantitative estimate of drug-likeness (QED) is 0.822. The van der Waals surface area contributed by atoms with Crippen LogP contribution in [0.15, 0.2) is 23.2 Å². The molecule has 0 radical (unpaired) electrons. The normalized spacial score (nSPS) is 19.7. The number of aliphatic imine (C=N–C) groups is 1. The van der Waals surface area contributed by atoms with Gasteiger partial charge in [0.1, 0.15) is 5.82 Å². The lowest BCUT2D eigenvalue weighted by Gasteiger charge is -2.07. The van der Waals surface area contributed by atoms with Crippen LogP contribution in [0, 0.1) is 9.39 Å². The molecular weight excluding hydrogens is 338 g/mol. The van der Waals surface area contributed by atoms with Gasteiger partial charge in [-0.2, -0.15) is 0 Å². The zero-order valence-corrected chi connectivity index (χ0v) is 11.8. The van der Waals surface area contributed by atoms with E-state index in [4.69, 9.17) is 0 Å². The van der Waals surface area contributed by atoms with Crippen LogP contribution in [0.1, 0.15) is 13.3 Å². The number of benzene rings is 1. The molecule has 1 aromatic carbocycles. The number of anilines is 1. The second kappa shape index (κ2) is 5.35. The van der Waals surface area contributed by atoms with Crippen LogP contribution in [0.25, 0.3) is 0 Å². The highest BCUT2D eigenvalue weighted by Gasteiger charge is 2.16. The molecule has 0 aliphatic carbocycles. The van der Waals surface area contributed by atoms with Crippen LogP contribution in [0.3, 0.4) is 0 Å². The third-order valence-electron chi connectivity index (χ3n) is 2.36. The summed E-state index contributed by atoms with van der Waals surface area (Å²) in [7, 11) is 0. The smallest absolute Gasteiger partial charge is 0.161 e. The van der Waals surface area contributed by atoms with Gasteiger partial charge in [-0.1, -0.05) is 18.7 Å². The molecule has 1 aliphatic rings. The molecule has 1 unspecified atom stereocenters. The zero-order chi connectivity index (χ0) is 11.5. The van der Waals surface area contributed by atoms with E-state index in [1.54, 1.807) is 17.8 Å². The van der Waals surface area contributed by atoms with Crippen molar-refractivity contribution in [1.82, 2.24) is 0 Å².